The van der Waals surface area contributed by atoms with Crippen LogP contribution in [0.3, 0.4) is 0 Å². The summed E-state index contributed by atoms with van der Waals surface area (Å²) < 4.78 is 32.7. The summed E-state index contributed by atoms with van der Waals surface area (Å²) in [6, 6.07) is 4.09. The Morgan fingerprint density at radius 2 is 2.17 bits per heavy atom. The van der Waals surface area contributed by atoms with E-state index in [2.05, 4.69) is 0 Å². The molecule has 0 aliphatic carbocycles. The molecular weight excluding hydrogens is 324 g/mol. The molecule has 1 N–H and O–H groups in total. The molecule has 1 amide bonds. The number of benzene rings is 1. The van der Waals surface area contributed by atoms with Crippen LogP contribution >= 0.6 is 11.3 Å². The number of aliphatic hydroxyl groups is 1. The summed E-state index contributed by atoms with van der Waals surface area (Å²) >= 11 is 1.21. The second kappa shape index (κ2) is 6.25. The van der Waals surface area contributed by atoms with Crippen molar-refractivity contribution in [2.75, 3.05) is 13.7 Å². The Labute approximate surface area is 135 Å². The molecule has 3 rings (SSSR count). The zero-order valence-corrected chi connectivity index (χ0v) is 13.1. The molecule has 1 aliphatic heterocycles. The SMILES string of the molecule is COc1ccsc1C(=O)N1CC(O)CC1c1cc(F)ccc1F. The molecular formula is C16H15F2NO3S. The molecule has 1 saturated heterocycles. The number of ether oxygens (including phenoxy) is 1. The molecule has 0 saturated carbocycles. The molecule has 7 heteroatoms. The van der Waals surface area contributed by atoms with Crippen LogP contribution in [0.2, 0.25) is 0 Å². The fourth-order valence-corrected chi connectivity index (χ4v) is 3.66. The monoisotopic (exact) mass is 339 g/mol. The van der Waals surface area contributed by atoms with E-state index in [0.717, 1.165) is 18.2 Å². The van der Waals surface area contributed by atoms with Gasteiger partial charge in [-0.25, -0.2) is 8.78 Å². The summed E-state index contributed by atoms with van der Waals surface area (Å²) in [6.45, 7) is 0.0699. The summed E-state index contributed by atoms with van der Waals surface area (Å²) in [4.78, 5) is 14.5. The number of hydrogen-bond donors (Lipinski definition) is 1. The summed E-state index contributed by atoms with van der Waals surface area (Å²) in [7, 11) is 1.46. The molecule has 2 unspecified atom stereocenters. The maximum atomic E-state index is 14.1. The van der Waals surface area contributed by atoms with E-state index in [1.165, 1.54) is 23.3 Å². The minimum absolute atomic E-state index is 0.0699. The van der Waals surface area contributed by atoms with Crippen molar-refractivity contribution in [2.45, 2.75) is 18.6 Å². The third-order valence-electron chi connectivity index (χ3n) is 3.90. The minimum Gasteiger partial charge on any atom is -0.495 e. The first kappa shape index (κ1) is 15.9. The van der Waals surface area contributed by atoms with Crippen LogP contribution in [0.5, 0.6) is 5.75 Å². The zero-order valence-electron chi connectivity index (χ0n) is 12.3. The fraction of sp³-hybridized carbons (Fsp3) is 0.312. The Bertz CT molecular complexity index is 734. The van der Waals surface area contributed by atoms with E-state index in [4.69, 9.17) is 4.74 Å². The molecule has 122 valence electrons. The highest BCUT2D eigenvalue weighted by Gasteiger charge is 2.38. The zero-order chi connectivity index (χ0) is 16.6. The molecule has 0 bridgehead atoms. The van der Waals surface area contributed by atoms with Gasteiger partial charge in [0, 0.05) is 12.1 Å². The standard InChI is InChI=1S/C16H15F2NO3S/c1-22-14-4-5-23-15(14)16(21)19-8-10(20)7-13(19)11-6-9(17)2-3-12(11)18/h2-6,10,13,20H,7-8H2,1H3. The van der Waals surface area contributed by atoms with E-state index < -0.39 is 23.8 Å². The lowest BCUT2D eigenvalue weighted by atomic mass is 10.0. The maximum Gasteiger partial charge on any atom is 0.268 e. The number of halogens is 2. The van der Waals surface area contributed by atoms with E-state index in [1.54, 1.807) is 11.4 Å². The number of carbonyl (C=O) groups is 1. The molecule has 23 heavy (non-hydrogen) atoms. The second-order valence-electron chi connectivity index (χ2n) is 5.35. The van der Waals surface area contributed by atoms with Crippen molar-refractivity contribution in [3.8, 4) is 5.75 Å². The molecule has 0 radical (unpaired) electrons. The Kier molecular flexibility index (Phi) is 4.32. The maximum absolute atomic E-state index is 14.1. The van der Waals surface area contributed by atoms with Crippen LogP contribution in [0.15, 0.2) is 29.6 Å². The van der Waals surface area contributed by atoms with Crippen LogP contribution in [0.1, 0.15) is 27.7 Å². The first-order valence-electron chi connectivity index (χ1n) is 7.06. The summed E-state index contributed by atoms with van der Waals surface area (Å²) in [5.74, 6) is -1.10. The van der Waals surface area contributed by atoms with E-state index in [1.807, 2.05) is 0 Å². The molecule has 4 nitrogen and oxygen atoms in total. The number of carbonyl (C=O) groups excluding carboxylic acids is 1. The van der Waals surface area contributed by atoms with Crippen molar-refractivity contribution in [1.29, 1.82) is 0 Å². The molecule has 2 heterocycles. The largest absolute Gasteiger partial charge is 0.495 e. The van der Waals surface area contributed by atoms with Crippen LogP contribution in [0, 0.1) is 11.6 Å². The van der Waals surface area contributed by atoms with Crippen molar-refractivity contribution >= 4 is 17.2 Å². The number of hydrogen-bond acceptors (Lipinski definition) is 4. The Morgan fingerprint density at radius 1 is 1.39 bits per heavy atom. The lowest BCUT2D eigenvalue weighted by molar-refractivity contribution is 0.0715. The van der Waals surface area contributed by atoms with Crippen LogP contribution in [0.4, 0.5) is 8.78 Å². The highest BCUT2D eigenvalue weighted by molar-refractivity contribution is 7.12. The fourth-order valence-electron chi connectivity index (χ4n) is 2.85. The van der Waals surface area contributed by atoms with Gasteiger partial charge in [0.05, 0.1) is 19.3 Å². The number of rotatable bonds is 3. The van der Waals surface area contributed by atoms with Crippen LogP contribution < -0.4 is 4.74 Å². The van der Waals surface area contributed by atoms with Crippen molar-refractivity contribution < 1.29 is 23.4 Å². The third-order valence-corrected chi connectivity index (χ3v) is 4.78. The molecule has 1 fully saturated rings. The van der Waals surface area contributed by atoms with Gasteiger partial charge in [0.15, 0.2) is 0 Å². The van der Waals surface area contributed by atoms with Gasteiger partial charge in [-0.3, -0.25) is 4.79 Å². The van der Waals surface area contributed by atoms with Gasteiger partial charge < -0.3 is 14.7 Å². The number of nitrogens with zero attached hydrogens (tertiary/aromatic N) is 1. The molecule has 2 atom stereocenters. The molecule has 1 aliphatic rings. The lowest BCUT2D eigenvalue weighted by Gasteiger charge is -2.25. The number of β-amino-alcohol motifs (C(OH)–C–C–N with tert-alkyl or cyclic N) is 1. The van der Waals surface area contributed by atoms with Gasteiger partial charge >= 0.3 is 0 Å². The minimum atomic E-state index is -0.780. The Hall–Kier alpha value is -1.99. The first-order chi connectivity index (χ1) is 11.0. The number of likely N-dealkylation sites (tertiary alicyclic amines) is 1. The van der Waals surface area contributed by atoms with Crippen LogP contribution in [-0.2, 0) is 0 Å². The van der Waals surface area contributed by atoms with Crippen molar-refractivity contribution in [2.24, 2.45) is 0 Å². The first-order valence-corrected chi connectivity index (χ1v) is 7.94. The Balaban J connectivity index is 1.97. The van der Waals surface area contributed by atoms with Gasteiger partial charge in [-0.05, 0) is 36.1 Å². The van der Waals surface area contributed by atoms with E-state index in [-0.39, 0.29) is 24.4 Å². The topological polar surface area (TPSA) is 49.8 Å². The van der Waals surface area contributed by atoms with E-state index >= 15 is 0 Å². The summed E-state index contributed by atoms with van der Waals surface area (Å²) in [6.07, 6.45) is -0.614. The number of aliphatic hydroxyl groups excluding tert-OH is 1. The normalized spacial score (nSPS) is 20.8. The van der Waals surface area contributed by atoms with Crippen LogP contribution in [-0.4, -0.2) is 35.7 Å². The van der Waals surface area contributed by atoms with E-state index in [9.17, 15) is 18.7 Å². The average molecular weight is 339 g/mol. The van der Waals surface area contributed by atoms with Gasteiger partial charge in [-0.15, -0.1) is 11.3 Å². The molecule has 0 spiro atoms. The average Bonchev–Trinajstić information content (AvgIpc) is 3.15. The second-order valence-corrected chi connectivity index (χ2v) is 6.26. The quantitative estimate of drug-likeness (QED) is 0.935. The predicted octanol–water partition coefficient (Wildman–Crippen LogP) is 2.98. The molecule has 2 aromatic rings. The van der Waals surface area contributed by atoms with Gasteiger partial charge in [0.2, 0.25) is 0 Å². The van der Waals surface area contributed by atoms with Crippen molar-refractivity contribution in [3.63, 3.8) is 0 Å². The van der Waals surface area contributed by atoms with Gasteiger partial charge in [-0.1, -0.05) is 0 Å². The molecule has 1 aromatic heterocycles. The summed E-state index contributed by atoms with van der Waals surface area (Å²) in [5, 5.41) is 11.6. The number of thiophene rings is 1. The lowest BCUT2D eigenvalue weighted by Crippen LogP contribution is -2.31. The molecule has 1 aromatic carbocycles. The predicted molar refractivity (Wildman–Crippen MR) is 81.6 cm³/mol. The van der Waals surface area contributed by atoms with Crippen LogP contribution in [0.25, 0.3) is 0 Å². The third kappa shape index (κ3) is 2.94. The smallest absolute Gasteiger partial charge is 0.268 e. The Morgan fingerprint density at radius 3 is 2.91 bits per heavy atom. The highest BCUT2D eigenvalue weighted by Crippen LogP contribution is 2.37. The van der Waals surface area contributed by atoms with E-state index in [0.29, 0.717) is 10.6 Å². The highest BCUT2D eigenvalue weighted by atomic mass is 32.1. The van der Waals surface area contributed by atoms with Crippen molar-refractivity contribution in [1.82, 2.24) is 4.90 Å². The van der Waals surface area contributed by atoms with Gasteiger partial charge in [0.1, 0.15) is 22.3 Å². The van der Waals surface area contributed by atoms with Gasteiger partial charge in [-0.2, -0.15) is 0 Å². The number of amides is 1. The summed E-state index contributed by atoms with van der Waals surface area (Å²) in [5.41, 5.74) is 0.0745. The van der Waals surface area contributed by atoms with Crippen molar-refractivity contribution in [3.05, 3.63) is 51.7 Å². The van der Waals surface area contributed by atoms with Gasteiger partial charge in [0.25, 0.3) is 5.91 Å². The number of methoxy groups -OCH3 is 1.